The molecule has 0 saturated carbocycles. The van der Waals surface area contributed by atoms with Crippen molar-refractivity contribution >= 4 is 17.5 Å². The van der Waals surface area contributed by atoms with Crippen LogP contribution < -0.4 is 10.6 Å². The van der Waals surface area contributed by atoms with Crippen LogP contribution in [0.3, 0.4) is 0 Å². The van der Waals surface area contributed by atoms with Crippen molar-refractivity contribution in [3.63, 3.8) is 0 Å². The van der Waals surface area contributed by atoms with E-state index in [4.69, 9.17) is 0 Å². The molecule has 1 aliphatic heterocycles. The highest BCUT2D eigenvalue weighted by Crippen LogP contribution is 2.18. The molecule has 2 N–H and O–H groups in total. The van der Waals surface area contributed by atoms with Crippen LogP contribution in [0.2, 0.25) is 0 Å². The lowest BCUT2D eigenvalue weighted by Gasteiger charge is -2.29. The molecule has 2 aromatic rings. The zero-order valence-electron chi connectivity index (χ0n) is 15.5. The molecule has 1 unspecified atom stereocenters. The first-order valence-corrected chi connectivity index (χ1v) is 9.32. The predicted molar refractivity (Wildman–Crippen MR) is 102 cm³/mol. The minimum Gasteiger partial charge on any atom is -0.329 e. The summed E-state index contributed by atoms with van der Waals surface area (Å²) in [5, 5.41) is 5.66. The topological polar surface area (TPSA) is 61.4 Å². The molecule has 7 heteroatoms. The Hall–Kier alpha value is -2.80. The van der Waals surface area contributed by atoms with E-state index in [2.05, 4.69) is 10.6 Å². The van der Waals surface area contributed by atoms with Gasteiger partial charge in [0.15, 0.2) is 0 Å². The number of piperidine rings is 1. The van der Waals surface area contributed by atoms with Crippen LogP contribution in [0.1, 0.15) is 18.4 Å². The summed E-state index contributed by atoms with van der Waals surface area (Å²) in [7, 11) is 0. The maximum Gasteiger partial charge on any atom is 0.244 e. The molecule has 0 bridgehead atoms. The lowest BCUT2D eigenvalue weighted by molar-refractivity contribution is -0.139. The quantitative estimate of drug-likeness (QED) is 0.801. The molecule has 1 saturated heterocycles. The van der Waals surface area contributed by atoms with Crippen molar-refractivity contribution in [3.8, 4) is 0 Å². The fraction of sp³-hybridized carbons (Fsp3) is 0.333. The number of halogens is 2. The van der Waals surface area contributed by atoms with Gasteiger partial charge in [0.2, 0.25) is 11.8 Å². The number of amides is 2. The summed E-state index contributed by atoms with van der Waals surface area (Å²) in [5.74, 6) is -1.99. The number of carbonyl (C=O) groups excluding carboxylic acids is 2. The number of rotatable bonds is 6. The van der Waals surface area contributed by atoms with Crippen LogP contribution in [0, 0.1) is 17.6 Å². The molecular weight excluding hydrogens is 364 g/mol. The maximum atomic E-state index is 14.1. The van der Waals surface area contributed by atoms with Crippen LogP contribution in [0.5, 0.6) is 0 Å². The van der Waals surface area contributed by atoms with Crippen LogP contribution >= 0.6 is 0 Å². The molecule has 2 aromatic carbocycles. The Balaban J connectivity index is 1.75. The first kappa shape index (κ1) is 19.9. The van der Waals surface area contributed by atoms with Gasteiger partial charge in [-0.05, 0) is 37.6 Å². The van der Waals surface area contributed by atoms with E-state index in [1.165, 1.54) is 29.2 Å². The van der Waals surface area contributed by atoms with Crippen molar-refractivity contribution in [1.82, 2.24) is 10.2 Å². The molecule has 1 heterocycles. The molecule has 1 atom stereocenters. The van der Waals surface area contributed by atoms with Gasteiger partial charge in [0.25, 0.3) is 0 Å². The monoisotopic (exact) mass is 387 g/mol. The van der Waals surface area contributed by atoms with Gasteiger partial charge >= 0.3 is 0 Å². The molecule has 3 rings (SSSR count). The fourth-order valence-corrected chi connectivity index (χ4v) is 3.29. The highest BCUT2D eigenvalue weighted by Gasteiger charge is 2.28. The summed E-state index contributed by atoms with van der Waals surface area (Å²) >= 11 is 0. The number of carbonyl (C=O) groups is 2. The van der Waals surface area contributed by atoms with Gasteiger partial charge in [0, 0.05) is 18.7 Å². The van der Waals surface area contributed by atoms with E-state index in [1.54, 1.807) is 24.3 Å². The minimum absolute atomic E-state index is 0.0211. The number of hydrogen-bond donors (Lipinski definition) is 2. The van der Waals surface area contributed by atoms with Gasteiger partial charge in [-0.1, -0.05) is 30.3 Å². The molecule has 0 aliphatic carbocycles. The van der Waals surface area contributed by atoms with Gasteiger partial charge in [-0.3, -0.25) is 9.59 Å². The normalized spacial score (nSPS) is 16.4. The zero-order valence-corrected chi connectivity index (χ0v) is 15.5. The fourth-order valence-electron chi connectivity index (χ4n) is 3.29. The second-order valence-electron chi connectivity index (χ2n) is 6.86. The van der Waals surface area contributed by atoms with Crippen LogP contribution in [0.4, 0.5) is 14.5 Å². The predicted octanol–water partition coefficient (Wildman–Crippen LogP) is 2.93. The Labute approximate surface area is 162 Å². The molecule has 0 aromatic heterocycles. The largest absolute Gasteiger partial charge is 0.329 e. The zero-order chi connectivity index (χ0) is 19.9. The Bertz CT molecular complexity index is 838. The van der Waals surface area contributed by atoms with Crippen molar-refractivity contribution in [2.45, 2.75) is 19.4 Å². The van der Waals surface area contributed by atoms with E-state index in [9.17, 15) is 18.4 Å². The third-order valence-corrected chi connectivity index (χ3v) is 4.76. The molecular formula is C21H23F2N3O2. The average Bonchev–Trinajstić information content (AvgIpc) is 2.71. The second-order valence-corrected chi connectivity index (χ2v) is 6.86. The molecule has 1 aliphatic rings. The first-order valence-electron chi connectivity index (χ1n) is 9.32. The smallest absolute Gasteiger partial charge is 0.244 e. The van der Waals surface area contributed by atoms with E-state index in [0.717, 1.165) is 13.0 Å². The first-order chi connectivity index (χ1) is 13.5. The number of nitrogens with zero attached hydrogens (tertiary/aromatic N) is 1. The maximum absolute atomic E-state index is 14.1. The minimum atomic E-state index is -0.556. The summed E-state index contributed by atoms with van der Waals surface area (Å²) in [6.07, 6.45) is 1.58. The molecule has 148 valence electrons. The Morgan fingerprint density at radius 2 is 1.79 bits per heavy atom. The van der Waals surface area contributed by atoms with Gasteiger partial charge < -0.3 is 15.5 Å². The lowest BCUT2D eigenvalue weighted by Crippen LogP contribution is -2.45. The molecule has 1 fully saturated rings. The van der Waals surface area contributed by atoms with E-state index < -0.39 is 17.5 Å². The molecule has 2 amide bonds. The Morgan fingerprint density at radius 1 is 1.07 bits per heavy atom. The number of anilines is 1. The molecule has 5 nitrogen and oxygen atoms in total. The molecule has 0 spiro atoms. The van der Waals surface area contributed by atoms with Gasteiger partial charge in [-0.15, -0.1) is 0 Å². The lowest BCUT2D eigenvalue weighted by atomic mass is 9.97. The van der Waals surface area contributed by atoms with Crippen molar-refractivity contribution in [3.05, 3.63) is 65.7 Å². The number of hydrogen-bond acceptors (Lipinski definition) is 3. The van der Waals surface area contributed by atoms with Gasteiger partial charge in [-0.2, -0.15) is 0 Å². The van der Waals surface area contributed by atoms with E-state index >= 15 is 0 Å². The highest BCUT2D eigenvalue weighted by atomic mass is 19.1. The third kappa shape index (κ3) is 5.13. The summed E-state index contributed by atoms with van der Waals surface area (Å²) in [6.45, 7) is 1.08. The van der Waals surface area contributed by atoms with Crippen molar-refractivity contribution in [2.24, 2.45) is 5.92 Å². The van der Waals surface area contributed by atoms with Gasteiger partial charge in [0.1, 0.15) is 18.2 Å². The highest BCUT2D eigenvalue weighted by molar-refractivity contribution is 5.95. The van der Waals surface area contributed by atoms with E-state index in [-0.39, 0.29) is 30.6 Å². The van der Waals surface area contributed by atoms with E-state index in [1.807, 2.05) is 0 Å². The summed E-state index contributed by atoms with van der Waals surface area (Å²) in [5.41, 5.74) is 0.378. The Kier molecular flexibility index (Phi) is 6.71. The van der Waals surface area contributed by atoms with Crippen molar-refractivity contribution in [2.75, 3.05) is 25.0 Å². The number of para-hydroxylation sites is 1. The molecule has 0 radical (unpaired) electrons. The van der Waals surface area contributed by atoms with Crippen LogP contribution in [0.15, 0.2) is 48.5 Å². The summed E-state index contributed by atoms with van der Waals surface area (Å²) in [6, 6.07) is 12.0. The van der Waals surface area contributed by atoms with Gasteiger partial charge in [-0.25, -0.2) is 8.78 Å². The number of nitrogens with one attached hydrogen (secondary N) is 2. The summed E-state index contributed by atoms with van der Waals surface area (Å²) in [4.78, 5) is 26.8. The van der Waals surface area contributed by atoms with Gasteiger partial charge in [0.05, 0.1) is 11.6 Å². The number of benzene rings is 2. The second kappa shape index (κ2) is 9.41. The average molecular weight is 387 g/mol. The van der Waals surface area contributed by atoms with Crippen molar-refractivity contribution < 1.29 is 18.4 Å². The molecule has 28 heavy (non-hydrogen) atoms. The Morgan fingerprint density at radius 3 is 2.46 bits per heavy atom. The van der Waals surface area contributed by atoms with E-state index in [0.29, 0.717) is 18.5 Å². The van der Waals surface area contributed by atoms with Crippen molar-refractivity contribution in [1.29, 1.82) is 0 Å². The third-order valence-electron chi connectivity index (χ3n) is 4.76. The standard InChI is InChI=1S/C21H23F2N3O2/c22-17-8-2-1-6-16(17)13-26(21(28)15-7-5-11-24-12-15)14-20(27)25-19-10-4-3-9-18(19)23/h1-4,6,8-10,15,24H,5,7,11-14H2,(H,25,27). The van der Waals surface area contributed by atoms with Crippen LogP contribution in [-0.2, 0) is 16.1 Å². The van der Waals surface area contributed by atoms with Crippen LogP contribution in [0.25, 0.3) is 0 Å². The summed E-state index contributed by atoms with van der Waals surface area (Å²) < 4.78 is 27.9. The SMILES string of the molecule is O=C(CN(Cc1ccccc1F)C(=O)C1CCCNC1)Nc1ccccc1F. The van der Waals surface area contributed by atoms with Crippen LogP contribution in [-0.4, -0.2) is 36.3 Å².